The molecule has 1 unspecified atom stereocenters. The van der Waals surface area contributed by atoms with Gasteiger partial charge < -0.3 is 15.5 Å². The van der Waals surface area contributed by atoms with Gasteiger partial charge in [0.15, 0.2) is 0 Å². The number of oxazole rings is 1. The van der Waals surface area contributed by atoms with Gasteiger partial charge in [0.05, 0.1) is 6.20 Å². The quantitative estimate of drug-likeness (QED) is 0.758. The third-order valence-corrected chi connectivity index (χ3v) is 3.50. The minimum atomic E-state index is 0.602. The smallest absolute Gasteiger partial charge is 0.225 e. The zero-order valence-electron chi connectivity index (χ0n) is 12.2. The van der Waals surface area contributed by atoms with Gasteiger partial charge in [0.1, 0.15) is 6.26 Å². The zero-order chi connectivity index (χ0) is 14.4. The maximum Gasteiger partial charge on any atom is 0.225 e. The van der Waals surface area contributed by atoms with E-state index in [1.807, 2.05) is 6.07 Å². The normalized spacial score (nSPS) is 12.3. The van der Waals surface area contributed by atoms with Crippen LogP contribution >= 0.6 is 0 Å². The van der Waals surface area contributed by atoms with Crippen molar-refractivity contribution in [3.05, 3.63) is 36.2 Å². The SMILES string of the molecule is Cc1cc(-c2ncco2)ccc1NCCCC(C)CN. The molecule has 2 rings (SSSR count). The lowest BCUT2D eigenvalue weighted by Gasteiger charge is -2.12. The number of anilines is 1. The maximum atomic E-state index is 5.62. The molecule has 1 atom stereocenters. The first-order valence-corrected chi connectivity index (χ1v) is 7.15. The number of nitrogens with two attached hydrogens (primary N) is 1. The van der Waals surface area contributed by atoms with Crippen molar-refractivity contribution in [3.8, 4) is 11.5 Å². The fraction of sp³-hybridized carbons (Fsp3) is 0.438. The predicted octanol–water partition coefficient (Wildman–Crippen LogP) is 3.44. The summed E-state index contributed by atoms with van der Waals surface area (Å²) in [6, 6.07) is 6.21. The Kier molecular flexibility index (Phi) is 5.18. The molecule has 1 aromatic carbocycles. The molecule has 0 spiro atoms. The summed E-state index contributed by atoms with van der Waals surface area (Å²) in [5.74, 6) is 1.27. The highest BCUT2D eigenvalue weighted by atomic mass is 16.3. The Bertz CT molecular complexity index is 523. The summed E-state index contributed by atoms with van der Waals surface area (Å²) in [5, 5.41) is 3.47. The first kappa shape index (κ1) is 14.6. The van der Waals surface area contributed by atoms with E-state index in [1.54, 1.807) is 12.5 Å². The molecule has 0 aliphatic carbocycles. The molecule has 0 fully saturated rings. The Morgan fingerprint density at radius 3 is 2.90 bits per heavy atom. The molecule has 1 aromatic heterocycles. The van der Waals surface area contributed by atoms with E-state index < -0.39 is 0 Å². The van der Waals surface area contributed by atoms with Crippen molar-refractivity contribution >= 4 is 5.69 Å². The van der Waals surface area contributed by atoms with Crippen LogP contribution in [0.4, 0.5) is 5.69 Å². The van der Waals surface area contributed by atoms with Crippen molar-refractivity contribution in [1.29, 1.82) is 0 Å². The van der Waals surface area contributed by atoms with Crippen molar-refractivity contribution in [3.63, 3.8) is 0 Å². The standard InChI is InChI=1S/C16H23N3O/c1-12(11-17)4-3-7-18-15-6-5-14(10-13(15)2)16-19-8-9-20-16/h5-6,8-10,12,18H,3-4,7,11,17H2,1-2H3. The fourth-order valence-corrected chi connectivity index (χ4v) is 2.15. The lowest BCUT2D eigenvalue weighted by Crippen LogP contribution is -2.12. The van der Waals surface area contributed by atoms with Crippen molar-refractivity contribution in [2.24, 2.45) is 11.7 Å². The minimum absolute atomic E-state index is 0.602. The second kappa shape index (κ2) is 7.10. The second-order valence-electron chi connectivity index (χ2n) is 5.28. The Balaban J connectivity index is 1.90. The zero-order valence-corrected chi connectivity index (χ0v) is 12.2. The molecule has 1 heterocycles. The van der Waals surface area contributed by atoms with Gasteiger partial charge in [0.25, 0.3) is 0 Å². The van der Waals surface area contributed by atoms with Gasteiger partial charge in [-0.2, -0.15) is 0 Å². The lowest BCUT2D eigenvalue weighted by molar-refractivity contribution is 0.529. The van der Waals surface area contributed by atoms with Crippen LogP contribution in [-0.4, -0.2) is 18.1 Å². The first-order chi connectivity index (χ1) is 9.70. The number of nitrogens with one attached hydrogen (secondary N) is 1. The summed E-state index contributed by atoms with van der Waals surface area (Å²) < 4.78 is 5.31. The molecular formula is C16H23N3O. The third kappa shape index (κ3) is 3.84. The first-order valence-electron chi connectivity index (χ1n) is 7.15. The Labute approximate surface area is 120 Å². The summed E-state index contributed by atoms with van der Waals surface area (Å²) in [5.41, 5.74) is 9.00. The van der Waals surface area contributed by atoms with E-state index in [4.69, 9.17) is 10.2 Å². The molecular weight excluding hydrogens is 250 g/mol. The largest absolute Gasteiger partial charge is 0.445 e. The summed E-state index contributed by atoms with van der Waals surface area (Å²) in [6.07, 6.45) is 5.56. The molecule has 0 aliphatic rings. The van der Waals surface area contributed by atoms with Gasteiger partial charge in [-0.15, -0.1) is 0 Å². The van der Waals surface area contributed by atoms with E-state index in [0.717, 1.165) is 31.5 Å². The van der Waals surface area contributed by atoms with E-state index in [0.29, 0.717) is 11.8 Å². The predicted molar refractivity (Wildman–Crippen MR) is 82.6 cm³/mol. The Morgan fingerprint density at radius 1 is 1.40 bits per heavy atom. The number of aryl methyl sites for hydroxylation is 1. The minimum Gasteiger partial charge on any atom is -0.445 e. The number of benzene rings is 1. The number of hydrogen-bond acceptors (Lipinski definition) is 4. The third-order valence-electron chi connectivity index (χ3n) is 3.50. The van der Waals surface area contributed by atoms with Crippen LogP contribution in [0.2, 0.25) is 0 Å². The van der Waals surface area contributed by atoms with E-state index in [2.05, 4.69) is 36.3 Å². The van der Waals surface area contributed by atoms with Crippen LogP contribution in [0.15, 0.2) is 35.1 Å². The molecule has 108 valence electrons. The van der Waals surface area contributed by atoms with Gasteiger partial charge in [0, 0.05) is 17.8 Å². The van der Waals surface area contributed by atoms with Crippen LogP contribution < -0.4 is 11.1 Å². The number of aromatic nitrogens is 1. The highest BCUT2D eigenvalue weighted by Gasteiger charge is 2.05. The van der Waals surface area contributed by atoms with Gasteiger partial charge >= 0.3 is 0 Å². The second-order valence-corrected chi connectivity index (χ2v) is 5.28. The van der Waals surface area contributed by atoms with E-state index in [-0.39, 0.29) is 0 Å². The fourth-order valence-electron chi connectivity index (χ4n) is 2.15. The average molecular weight is 273 g/mol. The van der Waals surface area contributed by atoms with Gasteiger partial charge in [-0.05, 0) is 56.0 Å². The number of hydrogen-bond donors (Lipinski definition) is 2. The summed E-state index contributed by atoms with van der Waals surface area (Å²) in [7, 11) is 0. The molecule has 0 saturated carbocycles. The highest BCUT2D eigenvalue weighted by molar-refractivity contribution is 5.62. The molecule has 3 N–H and O–H groups in total. The molecule has 2 aromatic rings. The molecule has 0 aliphatic heterocycles. The summed E-state index contributed by atoms with van der Waals surface area (Å²) >= 11 is 0. The van der Waals surface area contributed by atoms with Crippen LogP contribution in [0.1, 0.15) is 25.3 Å². The molecule has 0 radical (unpaired) electrons. The number of nitrogens with zero attached hydrogens (tertiary/aromatic N) is 1. The molecule has 20 heavy (non-hydrogen) atoms. The van der Waals surface area contributed by atoms with Crippen LogP contribution in [-0.2, 0) is 0 Å². The monoisotopic (exact) mass is 273 g/mol. The topological polar surface area (TPSA) is 64.1 Å². The lowest BCUT2D eigenvalue weighted by atomic mass is 10.1. The highest BCUT2D eigenvalue weighted by Crippen LogP contribution is 2.23. The van der Waals surface area contributed by atoms with Crippen molar-refractivity contribution in [1.82, 2.24) is 4.98 Å². The van der Waals surface area contributed by atoms with Crippen LogP contribution in [0.3, 0.4) is 0 Å². The van der Waals surface area contributed by atoms with Gasteiger partial charge in [-0.25, -0.2) is 4.98 Å². The van der Waals surface area contributed by atoms with Crippen LogP contribution in [0, 0.1) is 12.8 Å². The molecule has 4 heteroatoms. The maximum absolute atomic E-state index is 5.62. The molecule has 0 amide bonds. The molecule has 4 nitrogen and oxygen atoms in total. The van der Waals surface area contributed by atoms with Crippen molar-refractivity contribution in [2.75, 3.05) is 18.4 Å². The number of rotatable bonds is 7. The summed E-state index contributed by atoms with van der Waals surface area (Å²) in [4.78, 5) is 4.16. The van der Waals surface area contributed by atoms with E-state index in [9.17, 15) is 0 Å². The van der Waals surface area contributed by atoms with Crippen molar-refractivity contribution < 1.29 is 4.42 Å². The average Bonchev–Trinajstić information content (AvgIpc) is 2.98. The van der Waals surface area contributed by atoms with E-state index >= 15 is 0 Å². The molecule has 0 saturated heterocycles. The Morgan fingerprint density at radius 2 is 2.25 bits per heavy atom. The van der Waals surface area contributed by atoms with Gasteiger partial charge in [-0.3, -0.25) is 0 Å². The summed E-state index contributed by atoms with van der Waals surface area (Å²) in [6.45, 7) is 6.03. The Hall–Kier alpha value is -1.81. The van der Waals surface area contributed by atoms with Gasteiger partial charge in [0.2, 0.25) is 5.89 Å². The van der Waals surface area contributed by atoms with E-state index in [1.165, 1.54) is 11.3 Å². The van der Waals surface area contributed by atoms with Crippen LogP contribution in [0.25, 0.3) is 11.5 Å². The van der Waals surface area contributed by atoms with Crippen molar-refractivity contribution in [2.45, 2.75) is 26.7 Å². The van der Waals surface area contributed by atoms with Crippen LogP contribution in [0.5, 0.6) is 0 Å². The van der Waals surface area contributed by atoms with Gasteiger partial charge in [-0.1, -0.05) is 6.92 Å². The molecule has 0 bridgehead atoms.